The number of hydrogen-bond acceptors (Lipinski definition) is 1. The predicted octanol–water partition coefficient (Wildman–Crippen LogP) is 4.90. The Morgan fingerprint density at radius 2 is 1.30 bits per heavy atom. The molecule has 0 radical (unpaired) electrons. The molecule has 0 N–H and O–H groups in total. The van der Waals surface area contributed by atoms with Crippen molar-refractivity contribution in [3.8, 4) is 0 Å². The van der Waals surface area contributed by atoms with E-state index in [1.54, 1.807) is 0 Å². The summed E-state index contributed by atoms with van der Waals surface area (Å²) in [5, 5.41) is 0. The van der Waals surface area contributed by atoms with Crippen molar-refractivity contribution >= 4 is 6.21 Å². The normalized spacial score (nSPS) is 27.1. The molecule has 3 atom stereocenters. The van der Waals surface area contributed by atoms with Gasteiger partial charge in [-0.15, -0.1) is 0 Å². The summed E-state index contributed by atoms with van der Waals surface area (Å²) in [4.78, 5) is 5.08. The highest BCUT2D eigenvalue weighted by atomic mass is 15.0. The highest BCUT2D eigenvalue weighted by molar-refractivity contribution is 5.86. The third kappa shape index (κ3) is 1.71. The molecule has 0 spiro atoms. The number of fused-ring (bicyclic) bond motifs is 3. The maximum Gasteiger partial charge on any atom is 0.101 e. The van der Waals surface area contributed by atoms with E-state index in [9.17, 15) is 0 Å². The van der Waals surface area contributed by atoms with Crippen LogP contribution in [0.25, 0.3) is 0 Å². The molecule has 23 heavy (non-hydrogen) atoms. The molecule has 3 aromatic carbocycles. The molecule has 1 aliphatic carbocycles. The Bertz CT molecular complexity index is 876. The van der Waals surface area contributed by atoms with Crippen LogP contribution in [-0.4, -0.2) is 6.21 Å². The molecule has 2 aliphatic rings. The Hall–Kier alpha value is -2.67. The standard InChI is InChI=1S/C22H17N/c1-3-9-16(10-4-1)20-21-19-14-8-7-11-17(19)15-23-22(20,21)18-12-5-2-6-13-18/h1-15,20-21H/t20-,21?,22+/m0/s1. The molecule has 0 aromatic heterocycles. The van der Waals surface area contributed by atoms with Crippen molar-refractivity contribution in [1.82, 2.24) is 0 Å². The van der Waals surface area contributed by atoms with Crippen LogP contribution in [-0.2, 0) is 5.54 Å². The minimum atomic E-state index is -0.128. The molecular weight excluding hydrogens is 278 g/mol. The Kier molecular flexibility index (Phi) is 2.60. The van der Waals surface area contributed by atoms with Crippen molar-refractivity contribution in [2.45, 2.75) is 17.4 Å². The lowest BCUT2D eigenvalue weighted by Crippen LogP contribution is -2.13. The van der Waals surface area contributed by atoms with E-state index in [-0.39, 0.29) is 5.54 Å². The Balaban J connectivity index is 1.72. The summed E-state index contributed by atoms with van der Waals surface area (Å²) < 4.78 is 0. The van der Waals surface area contributed by atoms with E-state index in [1.807, 2.05) is 0 Å². The van der Waals surface area contributed by atoms with Crippen LogP contribution in [0.3, 0.4) is 0 Å². The van der Waals surface area contributed by atoms with Crippen molar-refractivity contribution in [3.05, 3.63) is 107 Å². The summed E-state index contributed by atoms with van der Waals surface area (Å²) in [6, 6.07) is 30.3. The van der Waals surface area contributed by atoms with E-state index < -0.39 is 0 Å². The van der Waals surface area contributed by atoms with Gasteiger partial charge in [-0.1, -0.05) is 84.9 Å². The SMILES string of the molecule is C1=N[C@@]2(c3ccccc3)C(c3ccccc31)[C@@H]2c1ccccc1. The maximum absolute atomic E-state index is 5.08. The molecule has 1 heterocycles. The fraction of sp³-hybridized carbons (Fsp3) is 0.136. The number of aliphatic imine (C=N–C) groups is 1. The van der Waals surface area contributed by atoms with E-state index in [1.165, 1.54) is 22.3 Å². The summed E-state index contributed by atoms with van der Waals surface area (Å²) in [7, 11) is 0. The van der Waals surface area contributed by atoms with Crippen LogP contribution in [0, 0.1) is 0 Å². The first-order chi connectivity index (χ1) is 11.4. The molecule has 1 saturated carbocycles. The summed E-state index contributed by atoms with van der Waals surface area (Å²) >= 11 is 0. The Morgan fingerprint density at radius 1 is 0.652 bits per heavy atom. The van der Waals surface area contributed by atoms with Crippen molar-refractivity contribution in [1.29, 1.82) is 0 Å². The fourth-order valence-corrected chi connectivity index (χ4v) is 4.29. The molecule has 110 valence electrons. The average Bonchev–Trinajstić information content (AvgIpc) is 3.34. The number of nitrogens with zero attached hydrogens (tertiary/aromatic N) is 1. The Morgan fingerprint density at radius 3 is 2.09 bits per heavy atom. The smallest absolute Gasteiger partial charge is 0.101 e. The quantitative estimate of drug-likeness (QED) is 0.638. The first kappa shape index (κ1) is 12.8. The second-order valence-corrected chi connectivity index (χ2v) is 6.44. The van der Waals surface area contributed by atoms with Crippen molar-refractivity contribution < 1.29 is 0 Å². The number of benzene rings is 3. The molecule has 0 bridgehead atoms. The number of rotatable bonds is 2. The first-order valence-electron chi connectivity index (χ1n) is 8.16. The molecule has 1 nitrogen and oxygen atoms in total. The summed E-state index contributed by atoms with van der Waals surface area (Å²) in [5.74, 6) is 0.861. The highest BCUT2D eigenvalue weighted by Gasteiger charge is 2.68. The summed E-state index contributed by atoms with van der Waals surface area (Å²) in [6.07, 6.45) is 2.07. The molecule has 1 aliphatic heterocycles. The fourth-order valence-electron chi connectivity index (χ4n) is 4.29. The molecule has 1 fully saturated rings. The van der Waals surface area contributed by atoms with Gasteiger partial charge in [0.1, 0.15) is 5.54 Å². The van der Waals surface area contributed by atoms with Gasteiger partial charge in [0.25, 0.3) is 0 Å². The second kappa shape index (κ2) is 4.66. The predicted molar refractivity (Wildman–Crippen MR) is 94.1 cm³/mol. The zero-order valence-corrected chi connectivity index (χ0v) is 12.8. The van der Waals surface area contributed by atoms with Gasteiger partial charge in [-0.05, 0) is 22.3 Å². The third-order valence-corrected chi connectivity index (χ3v) is 5.32. The number of hydrogen-bond donors (Lipinski definition) is 0. The van der Waals surface area contributed by atoms with E-state index in [2.05, 4.69) is 91.1 Å². The third-order valence-electron chi connectivity index (χ3n) is 5.32. The zero-order valence-electron chi connectivity index (χ0n) is 12.8. The molecule has 5 rings (SSSR count). The van der Waals surface area contributed by atoms with Crippen LogP contribution in [0.5, 0.6) is 0 Å². The molecular formula is C22H17N. The van der Waals surface area contributed by atoms with E-state index in [0.717, 1.165) is 0 Å². The first-order valence-corrected chi connectivity index (χ1v) is 8.16. The van der Waals surface area contributed by atoms with Crippen LogP contribution in [0.4, 0.5) is 0 Å². The molecule has 1 unspecified atom stereocenters. The van der Waals surface area contributed by atoms with E-state index in [0.29, 0.717) is 11.8 Å². The van der Waals surface area contributed by atoms with Crippen LogP contribution < -0.4 is 0 Å². The van der Waals surface area contributed by atoms with Gasteiger partial charge in [0.2, 0.25) is 0 Å². The molecule has 0 saturated heterocycles. The van der Waals surface area contributed by atoms with Gasteiger partial charge >= 0.3 is 0 Å². The van der Waals surface area contributed by atoms with Crippen molar-refractivity contribution in [3.63, 3.8) is 0 Å². The highest BCUT2D eigenvalue weighted by Crippen LogP contribution is 2.73. The molecule has 1 heteroatoms. The van der Waals surface area contributed by atoms with Crippen LogP contribution in [0.2, 0.25) is 0 Å². The minimum Gasteiger partial charge on any atom is -0.280 e. The second-order valence-electron chi connectivity index (χ2n) is 6.44. The monoisotopic (exact) mass is 295 g/mol. The lowest BCUT2D eigenvalue weighted by atomic mass is 9.94. The summed E-state index contributed by atoms with van der Waals surface area (Å²) in [6.45, 7) is 0. The van der Waals surface area contributed by atoms with Gasteiger partial charge in [-0.3, -0.25) is 4.99 Å². The van der Waals surface area contributed by atoms with Crippen LogP contribution in [0.1, 0.15) is 34.1 Å². The van der Waals surface area contributed by atoms with Crippen molar-refractivity contribution in [2.24, 2.45) is 4.99 Å². The average molecular weight is 295 g/mol. The van der Waals surface area contributed by atoms with Crippen LogP contribution >= 0.6 is 0 Å². The van der Waals surface area contributed by atoms with Gasteiger partial charge < -0.3 is 0 Å². The maximum atomic E-state index is 5.08. The van der Waals surface area contributed by atoms with Gasteiger partial charge in [0, 0.05) is 18.1 Å². The van der Waals surface area contributed by atoms with Gasteiger partial charge in [-0.25, -0.2) is 0 Å². The van der Waals surface area contributed by atoms with Gasteiger partial charge in [0.15, 0.2) is 0 Å². The lowest BCUT2D eigenvalue weighted by molar-refractivity contribution is 0.686. The topological polar surface area (TPSA) is 12.4 Å². The van der Waals surface area contributed by atoms with Gasteiger partial charge in [0.05, 0.1) is 0 Å². The van der Waals surface area contributed by atoms with E-state index >= 15 is 0 Å². The minimum absolute atomic E-state index is 0.128. The molecule has 0 amide bonds. The van der Waals surface area contributed by atoms with E-state index in [4.69, 9.17) is 4.99 Å². The van der Waals surface area contributed by atoms with Crippen molar-refractivity contribution in [2.75, 3.05) is 0 Å². The lowest BCUT2D eigenvalue weighted by Gasteiger charge is -2.19. The molecule has 3 aromatic rings. The Labute approximate surface area is 136 Å². The largest absolute Gasteiger partial charge is 0.280 e. The van der Waals surface area contributed by atoms with Gasteiger partial charge in [-0.2, -0.15) is 0 Å². The van der Waals surface area contributed by atoms with Crippen LogP contribution in [0.15, 0.2) is 89.9 Å². The zero-order chi connectivity index (χ0) is 15.3. The summed E-state index contributed by atoms with van der Waals surface area (Å²) in [5.41, 5.74) is 5.28.